The molecule has 0 amide bonds. The van der Waals surface area contributed by atoms with Crippen LogP contribution < -0.4 is 5.73 Å². The molecule has 0 unspecified atom stereocenters. The minimum absolute atomic E-state index is 0.0226. The Kier molecular flexibility index (Phi) is 3.40. The lowest BCUT2D eigenvalue weighted by Crippen LogP contribution is -2.05. The van der Waals surface area contributed by atoms with E-state index in [1.165, 1.54) is 0 Å². The Morgan fingerprint density at radius 1 is 1.24 bits per heavy atom. The van der Waals surface area contributed by atoms with E-state index in [4.69, 9.17) is 17.3 Å². The Hall–Kier alpha value is -1.87. The summed E-state index contributed by atoms with van der Waals surface area (Å²) in [6, 6.07) is 10.3. The second-order valence-corrected chi connectivity index (χ2v) is 4.06. The number of carbonyl (C=O) groups excluding carboxylic acids is 1. The highest BCUT2D eigenvalue weighted by Crippen LogP contribution is 2.15. The summed E-state index contributed by atoms with van der Waals surface area (Å²) in [5.41, 5.74) is 7.40. The molecule has 0 fully saturated rings. The van der Waals surface area contributed by atoms with Gasteiger partial charge in [-0.05, 0) is 36.4 Å². The van der Waals surface area contributed by atoms with E-state index in [1.807, 2.05) is 0 Å². The van der Waals surface area contributed by atoms with Crippen LogP contribution in [0.5, 0.6) is 0 Å². The molecule has 1 heterocycles. The third-order valence-electron chi connectivity index (χ3n) is 2.40. The zero-order chi connectivity index (χ0) is 12.3. The Balaban J connectivity index is 2.17. The SMILES string of the molecule is Nc1ccc(C(=O)Cc2ncccc2Cl)cc1. The van der Waals surface area contributed by atoms with E-state index in [1.54, 1.807) is 42.6 Å². The topological polar surface area (TPSA) is 56.0 Å². The zero-order valence-electron chi connectivity index (χ0n) is 9.06. The van der Waals surface area contributed by atoms with Crippen molar-refractivity contribution in [3.8, 4) is 0 Å². The monoisotopic (exact) mass is 246 g/mol. The fourth-order valence-electron chi connectivity index (χ4n) is 1.47. The molecule has 3 nitrogen and oxygen atoms in total. The van der Waals surface area contributed by atoms with Crippen LogP contribution in [0.15, 0.2) is 42.6 Å². The minimum atomic E-state index is -0.0226. The van der Waals surface area contributed by atoms with Crippen LogP contribution in [0.25, 0.3) is 0 Å². The molecule has 0 bridgehead atoms. The highest BCUT2D eigenvalue weighted by Gasteiger charge is 2.10. The van der Waals surface area contributed by atoms with E-state index >= 15 is 0 Å². The number of hydrogen-bond donors (Lipinski definition) is 1. The maximum atomic E-state index is 11.9. The number of anilines is 1. The maximum absolute atomic E-state index is 11.9. The van der Waals surface area contributed by atoms with E-state index in [0.717, 1.165) is 0 Å². The van der Waals surface area contributed by atoms with Crippen LogP contribution in [0, 0.1) is 0 Å². The molecule has 0 saturated carbocycles. The molecule has 0 aliphatic carbocycles. The summed E-state index contributed by atoms with van der Waals surface area (Å²) in [7, 11) is 0. The highest BCUT2D eigenvalue weighted by atomic mass is 35.5. The second-order valence-electron chi connectivity index (χ2n) is 3.65. The van der Waals surface area contributed by atoms with Gasteiger partial charge in [-0.25, -0.2) is 0 Å². The summed E-state index contributed by atoms with van der Waals surface area (Å²) in [5.74, 6) is -0.0226. The molecule has 1 aromatic carbocycles. The molecule has 17 heavy (non-hydrogen) atoms. The number of Topliss-reactive ketones (excluding diaryl/α,β-unsaturated/α-hetero) is 1. The summed E-state index contributed by atoms with van der Waals surface area (Å²) in [5, 5.41) is 0.510. The second kappa shape index (κ2) is 4.97. The Bertz CT molecular complexity index is 537. The normalized spacial score (nSPS) is 10.2. The first kappa shape index (κ1) is 11.6. The first-order chi connectivity index (χ1) is 8.16. The number of nitrogens with zero attached hydrogens (tertiary/aromatic N) is 1. The Morgan fingerprint density at radius 3 is 2.59 bits per heavy atom. The number of ketones is 1. The number of nitrogens with two attached hydrogens (primary N) is 1. The highest BCUT2D eigenvalue weighted by molar-refractivity contribution is 6.31. The average Bonchev–Trinajstić information content (AvgIpc) is 2.33. The molecule has 0 aliphatic rings. The molecular formula is C13H11ClN2O. The van der Waals surface area contributed by atoms with Gasteiger partial charge in [0.1, 0.15) is 0 Å². The van der Waals surface area contributed by atoms with Gasteiger partial charge in [-0.15, -0.1) is 0 Å². The fraction of sp³-hybridized carbons (Fsp3) is 0.0769. The van der Waals surface area contributed by atoms with Gasteiger partial charge >= 0.3 is 0 Å². The van der Waals surface area contributed by atoms with Gasteiger partial charge in [0, 0.05) is 17.4 Å². The molecule has 0 spiro atoms. The predicted molar refractivity (Wildman–Crippen MR) is 68.1 cm³/mol. The predicted octanol–water partition coefficient (Wildman–Crippen LogP) is 2.74. The molecule has 2 rings (SSSR count). The van der Waals surface area contributed by atoms with E-state index < -0.39 is 0 Å². The quantitative estimate of drug-likeness (QED) is 0.669. The first-order valence-electron chi connectivity index (χ1n) is 5.15. The van der Waals surface area contributed by atoms with Crippen LogP contribution in [-0.2, 0) is 6.42 Å². The molecule has 0 atom stereocenters. The van der Waals surface area contributed by atoms with Crippen molar-refractivity contribution in [3.63, 3.8) is 0 Å². The van der Waals surface area contributed by atoms with Crippen molar-refractivity contribution < 1.29 is 4.79 Å². The van der Waals surface area contributed by atoms with Crippen LogP contribution in [0.4, 0.5) is 5.69 Å². The van der Waals surface area contributed by atoms with Crippen molar-refractivity contribution in [2.45, 2.75) is 6.42 Å². The lowest BCUT2D eigenvalue weighted by atomic mass is 10.1. The van der Waals surface area contributed by atoms with Crippen molar-refractivity contribution in [1.29, 1.82) is 0 Å². The van der Waals surface area contributed by atoms with E-state index in [0.29, 0.717) is 22.0 Å². The number of rotatable bonds is 3. The fourth-order valence-corrected chi connectivity index (χ4v) is 1.66. The third-order valence-corrected chi connectivity index (χ3v) is 2.74. The van der Waals surface area contributed by atoms with Crippen molar-refractivity contribution in [2.75, 3.05) is 5.73 Å². The number of carbonyl (C=O) groups is 1. The van der Waals surface area contributed by atoms with Gasteiger partial charge in [-0.3, -0.25) is 9.78 Å². The van der Waals surface area contributed by atoms with E-state index in [-0.39, 0.29) is 12.2 Å². The summed E-state index contributed by atoms with van der Waals surface area (Å²) < 4.78 is 0. The van der Waals surface area contributed by atoms with Crippen LogP contribution >= 0.6 is 11.6 Å². The molecular weight excluding hydrogens is 236 g/mol. The van der Waals surface area contributed by atoms with Crippen molar-refractivity contribution in [3.05, 3.63) is 58.9 Å². The number of hydrogen-bond acceptors (Lipinski definition) is 3. The molecule has 2 N–H and O–H groups in total. The Morgan fingerprint density at radius 2 is 1.94 bits per heavy atom. The number of halogens is 1. The lowest BCUT2D eigenvalue weighted by Gasteiger charge is -2.03. The van der Waals surface area contributed by atoms with Crippen molar-refractivity contribution in [1.82, 2.24) is 4.98 Å². The molecule has 86 valence electrons. The number of aromatic nitrogens is 1. The van der Waals surface area contributed by atoms with E-state index in [9.17, 15) is 4.79 Å². The average molecular weight is 247 g/mol. The van der Waals surface area contributed by atoms with Gasteiger partial charge in [0.25, 0.3) is 0 Å². The van der Waals surface area contributed by atoms with Crippen LogP contribution in [0.1, 0.15) is 16.1 Å². The van der Waals surface area contributed by atoms with Gasteiger partial charge in [0.2, 0.25) is 0 Å². The summed E-state index contributed by atoms with van der Waals surface area (Å²) in [6.45, 7) is 0. The number of pyridine rings is 1. The largest absolute Gasteiger partial charge is 0.399 e. The van der Waals surface area contributed by atoms with E-state index in [2.05, 4.69) is 4.98 Å². The molecule has 1 aromatic heterocycles. The molecule has 0 saturated heterocycles. The molecule has 0 radical (unpaired) electrons. The molecule has 4 heteroatoms. The summed E-state index contributed by atoms with van der Waals surface area (Å²) in [6.07, 6.45) is 1.82. The van der Waals surface area contributed by atoms with Crippen molar-refractivity contribution >= 4 is 23.1 Å². The standard InChI is InChI=1S/C13H11ClN2O/c14-11-2-1-7-16-12(11)8-13(17)9-3-5-10(15)6-4-9/h1-7H,8,15H2. The maximum Gasteiger partial charge on any atom is 0.168 e. The van der Waals surface area contributed by atoms with Crippen LogP contribution in [0.2, 0.25) is 5.02 Å². The summed E-state index contributed by atoms with van der Waals surface area (Å²) in [4.78, 5) is 16.0. The van der Waals surface area contributed by atoms with Gasteiger partial charge in [-0.2, -0.15) is 0 Å². The third kappa shape index (κ3) is 2.82. The molecule has 0 aliphatic heterocycles. The minimum Gasteiger partial charge on any atom is -0.399 e. The van der Waals surface area contributed by atoms with Crippen molar-refractivity contribution in [2.24, 2.45) is 0 Å². The van der Waals surface area contributed by atoms with Crippen LogP contribution in [-0.4, -0.2) is 10.8 Å². The zero-order valence-corrected chi connectivity index (χ0v) is 9.82. The lowest BCUT2D eigenvalue weighted by molar-refractivity contribution is 0.0992. The van der Waals surface area contributed by atoms with Gasteiger partial charge in [-0.1, -0.05) is 11.6 Å². The Labute approximate surface area is 104 Å². The van der Waals surface area contributed by atoms with Gasteiger partial charge in [0.15, 0.2) is 5.78 Å². The first-order valence-corrected chi connectivity index (χ1v) is 5.53. The smallest absolute Gasteiger partial charge is 0.168 e. The van der Waals surface area contributed by atoms with Gasteiger partial charge in [0.05, 0.1) is 17.1 Å². The number of nitrogen functional groups attached to an aromatic ring is 1. The summed E-state index contributed by atoms with van der Waals surface area (Å²) >= 11 is 5.95. The molecule has 2 aromatic rings. The number of benzene rings is 1. The van der Waals surface area contributed by atoms with Crippen LogP contribution in [0.3, 0.4) is 0 Å². The van der Waals surface area contributed by atoms with Gasteiger partial charge < -0.3 is 5.73 Å².